The third-order valence-corrected chi connectivity index (χ3v) is 4.31. The lowest BCUT2D eigenvalue weighted by Gasteiger charge is -2.13. The Morgan fingerprint density at radius 3 is 2.27 bits per heavy atom. The summed E-state index contributed by atoms with van der Waals surface area (Å²) in [7, 11) is 3.29. The van der Waals surface area contributed by atoms with E-state index >= 15 is 0 Å². The zero-order chi connectivity index (χ0) is 16.1. The lowest BCUT2D eigenvalue weighted by Crippen LogP contribution is -2.13. The molecule has 0 radical (unpaired) electrons. The van der Waals surface area contributed by atoms with Gasteiger partial charge in [0.1, 0.15) is 0 Å². The van der Waals surface area contributed by atoms with Crippen LogP contribution in [-0.4, -0.2) is 14.2 Å². The molecule has 0 amide bonds. The van der Waals surface area contributed by atoms with Crippen molar-refractivity contribution < 1.29 is 9.47 Å². The van der Waals surface area contributed by atoms with Gasteiger partial charge in [-0.25, -0.2) is 0 Å². The Morgan fingerprint density at radius 1 is 0.909 bits per heavy atom. The van der Waals surface area contributed by atoms with Crippen LogP contribution in [-0.2, 0) is 13.1 Å². The van der Waals surface area contributed by atoms with Crippen LogP contribution in [0.2, 0.25) is 0 Å². The summed E-state index contributed by atoms with van der Waals surface area (Å²) in [5, 5.41) is 3.46. The molecule has 4 heteroatoms. The summed E-state index contributed by atoms with van der Waals surface area (Å²) in [6.45, 7) is 5.89. The Labute approximate surface area is 140 Å². The second-order valence-corrected chi connectivity index (χ2v) is 6.19. The van der Waals surface area contributed by atoms with Crippen molar-refractivity contribution in [2.24, 2.45) is 0 Å². The van der Waals surface area contributed by atoms with Crippen LogP contribution in [0.3, 0.4) is 0 Å². The quantitative estimate of drug-likeness (QED) is 0.826. The van der Waals surface area contributed by atoms with Crippen molar-refractivity contribution in [1.29, 1.82) is 0 Å². The van der Waals surface area contributed by atoms with E-state index in [1.54, 1.807) is 14.2 Å². The van der Waals surface area contributed by atoms with E-state index in [1.165, 1.54) is 16.7 Å². The number of aryl methyl sites for hydroxylation is 2. The fourth-order valence-corrected chi connectivity index (χ4v) is 2.99. The monoisotopic (exact) mass is 363 g/mol. The van der Waals surface area contributed by atoms with E-state index in [1.807, 2.05) is 6.07 Å². The van der Waals surface area contributed by atoms with Gasteiger partial charge in [-0.2, -0.15) is 0 Å². The van der Waals surface area contributed by atoms with Gasteiger partial charge in [0.05, 0.1) is 18.7 Å². The van der Waals surface area contributed by atoms with Crippen LogP contribution in [0.4, 0.5) is 0 Å². The molecule has 0 heterocycles. The third kappa shape index (κ3) is 4.02. The van der Waals surface area contributed by atoms with Gasteiger partial charge in [0.2, 0.25) is 0 Å². The summed E-state index contributed by atoms with van der Waals surface area (Å²) >= 11 is 3.52. The number of methoxy groups -OCH3 is 2. The maximum atomic E-state index is 5.37. The van der Waals surface area contributed by atoms with Gasteiger partial charge in [0.25, 0.3) is 0 Å². The molecule has 2 aromatic carbocycles. The molecule has 0 unspecified atom stereocenters. The van der Waals surface area contributed by atoms with E-state index in [4.69, 9.17) is 9.47 Å². The number of benzene rings is 2. The second-order valence-electron chi connectivity index (χ2n) is 5.34. The summed E-state index contributed by atoms with van der Waals surface area (Å²) in [6, 6.07) is 10.6. The first-order valence-electron chi connectivity index (χ1n) is 7.22. The molecule has 0 atom stereocenters. The van der Waals surface area contributed by atoms with Gasteiger partial charge in [0.15, 0.2) is 11.5 Å². The van der Waals surface area contributed by atoms with Crippen LogP contribution >= 0.6 is 15.9 Å². The van der Waals surface area contributed by atoms with Gasteiger partial charge in [-0.1, -0.05) is 18.2 Å². The minimum atomic E-state index is 0.723. The number of hydrogen-bond donors (Lipinski definition) is 1. The molecule has 2 aromatic rings. The molecule has 118 valence electrons. The molecule has 0 aromatic heterocycles. The number of rotatable bonds is 6. The predicted molar refractivity (Wildman–Crippen MR) is 93.7 cm³/mol. The second kappa shape index (κ2) is 7.65. The maximum absolute atomic E-state index is 5.37. The first-order chi connectivity index (χ1) is 10.5. The molecule has 22 heavy (non-hydrogen) atoms. The third-order valence-electron chi connectivity index (χ3n) is 3.72. The van der Waals surface area contributed by atoms with Gasteiger partial charge in [0, 0.05) is 13.1 Å². The molecular formula is C18H22BrNO2. The first kappa shape index (κ1) is 16.8. The molecule has 0 bridgehead atoms. The van der Waals surface area contributed by atoms with Crippen LogP contribution in [0.15, 0.2) is 34.8 Å². The van der Waals surface area contributed by atoms with E-state index in [2.05, 4.69) is 59.4 Å². The summed E-state index contributed by atoms with van der Waals surface area (Å²) in [5.41, 5.74) is 5.09. The number of nitrogens with one attached hydrogen (secondary N) is 1. The van der Waals surface area contributed by atoms with E-state index in [0.29, 0.717) is 0 Å². The van der Waals surface area contributed by atoms with Crippen LogP contribution in [0.5, 0.6) is 11.5 Å². The van der Waals surface area contributed by atoms with E-state index in [9.17, 15) is 0 Å². The topological polar surface area (TPSA) is 30.5 Å². The van der Waals surface area contributed by atoms with Crippen LogP contribution in [0, 0.1) is 13.8 Å². The summed E-state index contributed by atoms with van der Waals surface area (Å²) in [5.74, 6) is 1.46. The van der Waals surface area contributed by atoms with Crippen molar-refractivity contribution in [2.45, 2.75) is 26.9 Å². The summed E-state index contributed by atoms with van der Waals surface area (Å²) < 4.78 is 11.6. The minimum absolute atomic E-state index is 0.723. The molecule has 0 saturated carbocycles. The van der Waals surface area contributed by atoms with Gasteiger partial charge < -0.3 is 14.8 Å². The molecule has 0 aliphatic rings. The van der Waals surface area contributed by atoms with Crippen molar-refractivity contribution in [3.8, 4) is 11.5 Å². The predicted octanol–water partition coefficient (Wildman–Crippen LogP) is 4.37. The molecular weight excluding hydrogens is 342 g/mol. The molecule has 3 nitrogen and oxygen atoms in total. The van der Waals surface area contributed by atoms with E-state index in [0.717, 1.165) is 34.6 Å². The van der Waals surface area contributed by atoms with E-state index in [-0.39, 0.29) is 0 Å². The van der Waals surface area contributed by atoms with Crippen molar-refractivity contribution in [3.63, 3.8) is 0 Å². The Hall–Kier alpha value is -1.52. The van der Waals surface area contributed by atoms with Gasteiger partial charge >= 0.3 is 0 Å². The van der Waals surface area contributed by atoms with Gasteiger partial charge in [-0.15, -0.1) is 0 Å². The molecule has 0 spiro atoms. The molecule has 1 N–H and O–H groups in total. The van der Waals surface area contributed by atoms with Gasteiger partial charge in [-0.05, 0) is 64.2 Å². The zero-order valence-corrected chi connectivity index (χ0v) is 15.1. The van der Waals surface area contributed by atoms with Crippen LogP contribution in [0.25, 0.3) is 0 Å². The smallest absolute Gasteiger partial charge is 0.174 e. The summed E-state index contributed by atoms with van der Waals surface area (Å²) in [4.78, 5) is 0. The average molecular weight is 364 g/mol. The van der Waals surface area contributed by atoms with Crippen molar-refractivity contribution in [2.75, 3.05) is 14.2 Å². The van der Waals surface area contributed by atoms with Gasteiger partial charge in [-0.3, -0.25) is 0 Å². The van der Waals surface area contributed by atoms with Crippen molar-refractivity contribution in [3.05, 3.63) is 57.1 Å². The molecule has 0 saturated heterocycles. The van der Waals surface area contributed by atoms with Crippen LogP contribution in [0.1, 0.15) is 22.3 Å². The Bertz CT molecular complexity index is 656. The molecule has 0 aliphatic carbocycles. The molecule has 2 rings (SSSR count). The Balaban J connectivity index is 2.02. The Morgan fingerprint density at radius 2 is 1.64 bits per heavy atom. The molecule has 0 fully saturated rings. The lowest BCUT2D eigenvalue weighted by molar-refractivity contribution is 0.352. The maximum Gasteiger partial charge on any atom is 0.174 e. The SMILES string of the molecule is COc1cc(CNCc2ccc(C)c(C)c2)cc(Br)c1OC. The number of ether oxygens (including phenoxy) is 2. The summed E-state index contributed by atoms with van der Waals surface area (Å²) in [6.07, 6.45) is 0. The van der Waals surface area contributed by atoms with Crippen molar-refractivity contribution >= 4 is 15.9 Å². The lowest BCUT2D eigenvalue weighted by atomic mass is 10.1. The standard InChI is InChI=1S/C18H22BrNO2/c1-12-5-6-14(7-13(12)2)10-20-11-15-8-16(19)18(22-4)17(9-15)21-3/h5-9,20H,10-11H2,1-4H3. The minimum Gasteiger partial charge on any atom is -0.493 e. The Kier molecular flexibility index (Phi) is 5.86. The zero-order valence-electron chi connectivity index (χ0n) is 13.5. The fraction of sp³-hybridized carbons (Fsp3) is 0.333. The largest absolute Gasteiger partial charge is 0.493 e. The number of hydrogen-bond acceptors (Lipinski definition) is 3. The normalized spacial score (nSPS) is 10.6. The average Bonchev–Trinajstić information content (AvgIpc) is 2.50. The molecule has 0 aliphatic heterocycles. The van der Waals surface area contributed by atoms with E-state index < -0.39 is 0 Å². The highest BCUT2D eigenvalue weighted by atomic mass is 79.9. The first-order valence-corrected chi connectivity index (χ1v) is 8.01. The number of halogens is 1. The van der Waals surface area contributed by atoms with Crippen molar-refractivity contribution in [1.82, 2.24) is 5.32 Å². The highest BCUT2D eigenvalue weighted by molar-refractivity contribution is 9.10. The highest BCUT2D eigenvalue weighted by Crippen LogP contribution is 2.36. The fourth-order valence-electron chi connectivity index (χ4n) is 2.34. The van der Waals surface area contributed by atoms with Crippen LogP contribution < -0.4 is 14.8 Å². The highest BCUT2D eigenvalue weighted by Gasteiger charge is 2.10.